The van der Waals surface area contributed by atoms with E-state index in [9.17, 15) is 0 Å². The lowest BCUT2D eigenvalue weighted by atomic mass is 10.00. The highest BCUT2D eigenvalue weighted by Gasteiger charge is 2.24. The van der Waals surface area contributed by atoms with Crippen molar-refractivity contribution >= 4 is 38.8 Å². The lowest BCUT2D eigenvalue weighted by Crippen LogP contribution is -2.24. The minimum Gasteiger partial charge on any atom is -0.324 e. The average molecular weight is 435 g/mol. The number of hydrogen-bond acceptors (Lipinski definition) is 4. The lowest BCUT2D eigenvalue weighted by Gasteiger charge is -2.26. The Morgan fingerprint density at radius 2 is 1.82 bits per heavy atom. The van der Waals surface area contributed by atoms with E-state index < -0.39 is 0 Å². The number of aliphatic imine (C=N–C) groups is 1. The highest BCUT2D eigenvalue weighted by molar-refractivity contribution is 9.10. The highest BCUT2D eigenvalue weighted by Crippen LogP contribution is 2.40. The Hall–Kier alpha value is -2.50. The number of nitrogens with zero attached hydrogens (tertiary/aromatic N) is 4. The number of fused-ring (bicyclic) bond motifs is 2. The summed E-state index contributed by atoms with van der Waals surface area (Å²) in [5.41, 5.74) is 5.24. The average Bonchev–Trinajstić information content (AvgIpc) is 2.83. The molecule has 3 aromatic rings. The van der Waals surface area contributed by atoms with Crippen LogP contribution in [0.25, 0.3) is 0 Å². The second kappa shape index (κ2) is 8.25. The summed E-state index contributed by atoms with van der Waals surface area (Å²) in [6, 6.07) is 20.8. The van der Waals surface area contributed by atoms with Gasteiger partial charge < -0.3 is 9.80 Å². The minimum atomic E-state index is 0.878. The molecule has 5 heteroatoms. The topological polar surface area (TPSA) is 31.7 Å². The molecule has 0 saturated heterocycles. The second-order valence-corrected chi connectivity index (χ2v) is 8.06. The van der Waals surface area contributed by atoms with Gasteiger partial charge in [-0.05, 0) is 57.4 Å². The first-order valence-corrected chi connectivity index (χ1v) is 10.2. The van der Waals surface area contributed by atoms with Crippen LogP contribution in [0.3, 0.4) is 0 Å². The van der Waals surface area contributed by atoms with Crippen molar-refractivity contribution in [1.29, 1.82) is 0 Å². The van der Waals surface area contributed by atoms with Crippen LogP contribution >= 0.6 is 15.9 Å². The van der Waals surface area contributed by atoms with Crippen molar-refractivity contribution in [3.63, 3.8) is 0 Å². The molecular weight excluding hydrogens is 412 g/mol. The Bertz CT molecular complexity index is 998. The summed E-state index contributed by atoms with van der Waals surface area (Å²) in [6.07, 6.45) is 2.88. The van der Waals surface area contributed by atoms with Crippen LogP contribution in [-0.4, -0.2) is 42.8 Å². The fraction of sp³-hybridized carbons (Fsp3) is 0.217. The van der Waals surface area contributed by atoms with Gasteiger partial charge in [0.25, 0.3) is 0 Å². The largest absolute Gasteiger partial charge is 0.324 e. The number of rotatable bonds is 5. The van der Waals surface area contributed by atoms with Gasteiger partial charge in [0, 0.05) is 28.3 Å². The number of pyridine rings is 1. The van der Waals surface area contributed by atoms with Gasteiger partial charge in [0.1, 0.15) is 5.69 Å². The molecular formula is C23H23BrN4. The van der Waals surface area contributed by atoms with E-state index in [1.165, 1.54) is 0 Å². The molecule has 2 aromatic carbocycles. The summed E-state index contributed by atoms with van der Waals surface area (Å²) in [7, 11) is 4.21. The van der Waals surface area contributed by atoms with E-state index in [-0.39, 0.29) is 0 Å². The fourth-order valence-corrected chi connectivity index (χ4v) is 3.84. The molecule has 0 saturated carbocycles. The SMILES string of the molecule is CN(C)CCCN1c2cc(Br)ccc2C(c2ccccc2)=Nc2cccnc21. The van der Waals surface area contributed by atoms with Gasteiger partial charge in [-0.2, -0.15) is 0 Å². The summed E-state index contributed by atoms with van der Waals surface area (Å²) in [5.74, 6) is 0.909. The molecule has 1 aromatic heterocycles. The Balaban J connectivity index is 1.89. The first kappa shape index (κ1) is 18.8. The Labute approximate surface area is 174 Å². The van der Waals surface area contributed by atoms with Gasteiger partial charge >= 0.3 is 0 Å². The maximum atomic E-state index is 5.06. The van der Waals surface area contributed by atoms with Crippen molar-refractivity contribution < 1.29 is 0 Å². The third-order valence-electron chi connectivity index (χ3n) is 4.79. The summed E-state index contributed by atoms with van der Waals surface area (Å²) in [5, 5.41) is 0. The van der Waals surface area contributed by atoms with Crippen molar-refractivity contribution in [2.24, 2.45) is 4.99 Å². The van der Waals surface area contributed by atoms with Crippen LogP contribution in [-0.2, 0) is 0 Å². The normalized spacial score (nSPS) is 13.0. The third kappa shape index (κ3) is 3.86. The predicted octanol–water partition coefficient (Wildman–Crippen LogP) is 5.42. The highest BCUT2D eigenvalue weighted by atomic mass is 79.9. The molecule has 4 rings (SSSR count). The van der Waals surface area contributed by atoms with Crippen LogP contribution in [0, 0.1) is 0 Å². The lowest BCUT2D eigenvalue weighted by molar-refractivity contribution is 0.402. The van der Waals surface area contributed by atoms with E-state index in [0.717, 1.165) is 58.0 Å². The first-order chi connectivity index (χ1) is 13.6. The molecule has 0 amide bonds. The van der Waals surface area contributed by atoms with E-state index in [4.69, 9.17) is 9.98 Å². The molecule has 0 atom stereocenters. The van der Waals surface area contributed by atoms with Crippen LogP contribution in [0.5, 0.6) is 0 Å². The van der Waals surface area contributed by atoms with Crippen LogP contribution in [0.15, 0.2) is 76.3 Å². The van der Waals surface area contributed by atoms with Gasteiger partial charge in [-0.1, -0.05) is 46.3 Å². The Morgan fingerprint density at radius 1 is 1.00 bits per heavy atom. The first-order valence-electron chi connectivity index (χ1n) is 9.45. The zero-order valence-corrected chi connectivity index (χ0v) is 17.7. The van der Waals surface area contributed by atoms with E-state index in [1.54, 1.807) is 0 Å². The van der Waals surface area contributed by atoms with Crippen LogP contribution in [0.4, 0.5) is 17.2 Å². The van der Waals surface area contributed by atoms with Crippen molar-refractivity contribution in [3.8, 4) is 0 Å². The van der Waals surface area contributed by atoms with E-state index in [2.05, 4.69) is 82.3 Å². The zero-order valence-electron chi connectivity index (χ0n) is 16.1. The second-order valence-electron chi connectivity index (χ2n) is 7.14. The number of halogens is 1. The third-order valence-corrected chi connectivity index (χ3v) is 5.29. The molecule has 28 heavy (non-hydrogen) atoms. The molecule has 2 heterocycles. The molecule has 0 radical (unpaired) electrons. The van der Waals surface area contributed by atoms with Gasteiger partial charge in [-0.3, -0.25) is 0 Å². The monoisotopic (exact) mass is 434 g/mol. The smallest absolute Gasteiger partial charge is 0.159 e. The van der Waals surface area contributed by atoms with Crippen LogP contribution in [0.2, 0.25) is 0 Å². The molecule has 0 bridgehead atoms. The summed E-state index contributed by atoms with van der Waals surface area (Å²) < 4.78 is 1.05. The van der Waals surface area contributed by atoms with Gasteiger partial charge in [0.2, 0.25) is 0 Å². The molecule has 1 aliphatic rings. The molecule has 0 N–H and O–H groups in total. The number of aromatic nitrogens is 1. The number of hydrogen-bond donors (Lipinski definition) is 0. The van der Waals surface area contributed by atoms with Gasteiger partial charge in [-0.15, -0.1) is 0 Å². The van der Waals surface area contributed by atoms with Crippen LogP contribution < -0.4 is 4.90 Å². The van der Waals surface area contributed by atoms with Crippen molar-refractivity contribution in [3.05, 3.63) is 82.5 Å². The molecule has 1 aliphatic heterocycles. The minimum absolute atomic E-state index is 0.878. The quantitative estimate of drug-likeness (QED) is 0.537. The fourth-order valence-electron chi connectivity index (χ4n) is 3.49. The molecule has 0 spiro atoms. The zero-order chi connectivity index (χ0) is 19.5. The maximum absolute atomic E-state index is 5.06. The molecule has 0 fully saturated rings. The van der Waals surface area contributed by atoms with Gasteiger partial charge in [0.15, 0.2) is 5.82 Å². The van der Waals surface area contributed by atoms with E-state index >= 15 is 0 Å². The van der Waals surface area contributed by atoms with E-state index in [1.807, 2.05) is 24.4 Å². The molecule has 4 nitrogen and oxygen atoms in total. The summed E-state index contributed by atoms with van der Waals surface area (Å²) in [4.78, 5) is 14.3. The van der Waals surface area contributed by atoms with Crippen molar-refractivity contribution in [2.45, 2.75) is 6.42 Å². The Kier molecular flexibility index (Phi) is 5.55. The van der Waals surface area contributed by atoms with Crippen molar-refractivity contribution in [2.75, 3.05) is 32.1 Å². The van der Waals surface area contributed by atoms with Gasteiger partial charge in [0.05, 0.1) is 11.4 Å². The van der Waals surface area contributed by atoms with Crippen molar-refractivity contribution in [1.82, 2.24) is 9.88 Å². The molecule has 142 valence electrons. The summed E-state index contributed by atoms with van der Waals surface area (Å²) in [6.45, 7) is 1.90. The predicted molar refractivity (Wildman–Crippen MR) is 120 cm³/mol. The van der Waals surface area contributed by atoms with Gasteiger partial charge in [-0.25, -0.2) is 9.98 Å². The molecule has 0 aliphatic carbocycles. The summed E-state index contributed by atoms with van der Waals surface area (Å²) >= 11 is 3.66. The Morgan fingerprint density at radius 3 is 2.61 bits per heavy atom. The number of anilines is 2. The number of benzene rings is 2. The van der Waals surface area contributed by atoms with E-state index in [0.29, 0.717) is 0 Å². The maximum Gasteiger partial charge on any atom is 0.159 e. The van der Waals surface area contributed by atoms with Crippen LogP contribution in [0.1, 0.15) is 17.5 Å². The standard InChI is InChI=1S/C23H23BrN4/c1-27(2)14-7-15-28-21-16-18(24)11-12-19(21)22(17-8-4-3-5-9-17)26-20-10-6-13-25-23(20)28/h3-6,8-13,16H,7,14-15H2,1-2H3. The molecule has 0 unspecified atom stereocenters.